The molecule has 2 heterocycles. The van der Waals surface area contributed by atoms with E-state index in [4.69, 9.17) is 19.9 Å². The molecule has 0 saturated heterocycles. The van der Waals surface area contributed by atoms with E-state index in [1.807, 2.05) is 37.3 Å². The molecule has 3 aromatic rings. The van der Waals surface area contributed by atoms with E-state index in [0.29, 0.717) is 19.8 Å². The second kappa shape index (κ2) is 14.1. The van der Waals surface area contributed by atoms with E-state index in [0.717, 1.165) is 5.56 Å². The first kappa shape index (κ1) is 30.1. The lowest BCUT2D eigenvalue weighted by molar-refractivity contribution is -0.132. The molecule has 0 aliphatic heterocycles. The molecule has 1 aromatic carbocycles. The summed E-state index contributed by atoms with van der Waals surface area (Å²) in [5.74, 6) is -0.324. The first-order valence-corrected chi connectivity index (χ1v) is 12.8. The van der Waals surface area contributed by atoms with Crippen LogP contribution in [-0.2, 0) is 32.2 Å². The van der Waals surface area contributed by atoms with Crippen LogP contribution in [0.4, 0.5) is 21.4 Å². The van der Waals surface area contributed by atoms with Gasteiger partial charge in [-0.2, -0.15) is 9.97 Å². The molecule has 14 heteroatoms. The van der Waals surface area contributed by atoms with Gasteiger partial charge in [0, 0.05) is 26.2 Å². The van der Waals surface area contributed by atoms with Gasteiger partial charge in [0.1, 0.15) is 18.8 Å². The summed E-state index contributed by atoms with van der Waals surface area (Å²) in [5, 5.41) is 5.20. The normalized spacial score (nSPS) is 11.2. The van der Waals surface area contributed by atoms with Crippen LogP contribution in [0.25, 0.3) is 11.2 Å². The average Bonchev–Trinajstić information content (AvgIpc) is 3.28. The molecule has 0 aliphatic rings. The number of hydrogen-bond acceptors (Lipinski definition) is 10. The molecular weight excluding hydrogens is 520 g/mol. The number of rotatable bonds is 12. The van der Waals surface area contributed by atoms with E-state index >= 15 is 0 Å². The quantitative estimate of drug-likeness (QED) is 0.281. The number of aromatic nitrogens is 4. The Morgan fingerprint density at radius 2 is 1.82 bits per heavy atom. The number of alkyl carbamates (subject to hydrolysis) is 1. The smallest absolute Gasteiger partial charge is 0.413 e. The first-order chi connectivity index (χ1) is 19.1. The molecule has 14 nitrogen and oxygen atoms in total. The van der Waals surface area contributed by atoms with Crippen LogP contribution in [0.2, 0.25) is 0 Å². The van der Waals surface area contributed by atoms with Crippen LogP contribution < -0.4 is 16.4 Å². The molecule has 0 bridgehead atoms. The number of benzene rings is 1. The predicted octanol–water partition coefficient (Wildman–Crippen LogP) is 2.55. The van der Waals surface area contributed by atoms with Crippen molar-refractivity contribution in [1.82, 2.24) is 29.7 Å². The molecular formula is C26H36N8O6. The molecule has 3 amide bonds. The van der Waals surface area contributed by atoms with Crippen molar-refractivity contribution >= 4 is 41.0 Å². The summed E-state index contributed by atoms with van der Waals surface area (Å²) in [6.45, 7) is 8.68. The number of ether oxygens (including phenoxy) is 3. The van der Waals surface area contributed by atoms with Crippen molar-refractivity contribution in [2.75, 3.05) is 43.9 Å². The van der Waals surface area contributed by atoms with Gasteiger partial charge in [0.2, 0.25) is 11.9 Å². The van der Waals surface area contributed by atoms with Crippen LogP contribution in [0.15, 0.2) is 36.7 Å². The molecule has 0 atom stereocenters. The van der Waals surface area contributed by atoms with E-state index in [1.54, 1.807) is 25.7 Å². The lowest BCUT2D eigenvalue weighted by Gasteiger charge is -2.24. The lowest BCUT2D eigenvalue weighted by atomic mass is 10.2. The maximum Gasteiger partial charge on any atom is 0.413 e. The van der Waals surface area contributed by atoms with Crippen molar-refractivity contribution in [1.29, 1.82) is 0 Å². The second-order valence-corrected chi connectivity index (χ2v) is 9.67. The van der Waals surface area contributed by atoms with E-state index in [2.05, 4.69) is 25.6 Å². The molecule has 0 unspecified atom stereocenters. The topological polar surface area (TPSA) is 176 Å². The summed E-state index contributed by atoms with van der Waals surface area (Å²) in [6, 6.07) is 9.21. The molecule has 2 aromatic heterocycles. The zero-order valence-electron chi connectivity index (χ0n) is 23.2. The van der Waals surface area contributed by atoms with Gasteiger partial charge >= 0.3 is 12.2 Å². The van der Waals surface area contributed by atoms with Gasteiger partial charge in [-0.3, -0.25) is 10.1 Å². The van der Waals surface area contributed by atoms with Crippen LogP contribution in [0.1, 0.15) is 33.3 Å². The summed E-state index contributed by atoms with van der Waals surface area (Å²) >= 11 is 0. The van der Waals surface area contributed by atoms with Crippen molar-refractivity contribution in [3.05, 3.63) is 42.2 Å². The standard InChI is InChI=1S/C26H36N8O6/c1-5-38-14-13-33(12-11-28-24(36)40-26(2,3)4)19(35)15-34-17-29-20-21(30-23(27)32-22(20)34)31-25(37)39-16-18-9-7-6-8-10-18/h6-10,17H,5,11-16H2,1-4H3,(H,28,36)(H3,27,30,31,32,37). The van der Waals surface area contributed by atoms with Crippen LogP contribution in [0.5, 0.6) is 0 Å². The summed E-state index contributed by atoms with van der Waals surface area (Å²) in [5.41, 5.74) is 6.58. The number of carbonyl (C=O) groups excluding carboxylic acids is 3. The third-order valence-corrected chi connectivity index (χ3v) is 5.33. The van der Waals surface area contributed by atoms with Crippen LogP contribution in [0.3, 0.4) is 0 Å². The molecule has 4 N–H and O–H groups in total. The highest BCUT2D eigenvalue weighted by molar-refractivity contribution is 5.94. The number of hydrogen-bond donors (Lipinski definition) is 3. The Labute approximate surface area is 232 Å². The second-order valence-electron chi connectivity index (χ2n) is 9.67. The first-order valence-electron chi connectivity index (χ1n) is 12.8. The molecule has 0 radical (unpaired) electrons. The predicted molar refractivity (Wildman–Crippen MR) is 147 cm³/mol. The fourth-order valence-electron chi connectivity index (χ4n) is 3.55. The van der Waals surface area contributed by atoms with Crippen molar-refractivity contribution in [2.24, 2.45) is 0 Å². The minimum atomic E-state index is -0.742. The lowest BCUT2D eigenvalue weighted by Crippen LogP contribution is -2.42. The number of nitrogens with two attached hydrogens (primary N) is 1. The van der Waals surface area contributed by atoms with E-state index in [9.17, 15) is 14.4 Å². The number of amides is 3. The van der Waals surface area contributed by atoms with E-state index < -0.39 is 17.8 Å². The van der Waals surface area contributed by atoms with Crippen molar-refractivity contribution in [3.8, 4) is 0 Å². The SMILES string of the molecule is CCOCCN(CCNC(=O)OC(C)(C)C)C(=O)Cn1cnc2c(NC(=O)OCc3ccccc3)nc(N)nc21. The number of imidazole rings is 1. The number of anilines is 2. The number of nitrogens with one attached hydrogen (secondary N) is 2. The highest BCUT2D eigenvalue weighted by Gasteiger charge is 2.20. The fraction of sp³-hybridized carbons (Fsp3) is 0.462. The minimum absolute atomic E-state index is 0.0570. The average molecular weight is 557 g/mol. The summed E-state index contributed by atoms with van der Waals surface area (Å²) < 4.78 is 17.4. The molecule has 0 spiro atoms. The molecule has 216 valence electrons. The van der Waals surface area contributed by atoms with Gasteiger partial charge in [-0.05, 0) is 33.3 Å². The summed E-state index contributed by atoms with van der Waals surface area (Å²) in [4.78, 5) is 51.7. The maximum atomic E-state index is 13.2. The number of carbonyl (C=O) groups is 3. The van der Waals surface area contributed by atoms with Crippen molar-refractivity contribution < 1.29 is 28.6 Å². The van der Waals surface area contributed by atoms with E-state index in [-0.39, 0.29) is 55.1 Å². The van der Waals surface area contributed by atoms with Crippen LogP contribution in [-0.4, -0.2) is 81.0 Å². The highest BCUT2D eigenvalue weighted by Crippen LogP contribution is 2.20. The Balaban J connectivity index is 1.67. The number of nitrogen functional groups attached to an aromatic ring is 1. The third-order valence-electron chi connectivity index (χ3n) is 5.33. The molecule has 3 rings (SSSR count). The van der Waals surface area contributed by atoms with Gasteiger partial charge in [0.15, 0.2) is 17.0 Å². The zero-order chi connectivity index (χ0) is 29.1. The van der Waals surface area contributed by atoms with Crippen LogP contribution in [0, 0.1) is 0 Å². The Morgan fingerprint density at radius 1 is 1.07 bits per heavy atom. The Kier molecular flexibility index (Phi) is 10.6. The zero-order valence-corrected chi connectivity index (χ0v) is 23.2. The largest absolute Gasteiger partial charge is 0.444 e. The number of nitrogens with zero attached hydrogens (tertiary/aromatic N) is 5. The maximum absolute atomic E-state index is 13.2. The monoisotopic (exact) mass is 556 g/mol. The van der Waals surface area contributed by atoms with Crippen LogP contribution >= 0.6 is 0 Å². The molecule has 40 heavy (non-hydrogen) atoms. The fourth-order valence-corrected chi connectivity index (χ4v) is 3.55. The van der Waals surface area contributed by atoms with Gasteiger partial charge in [-0.1, -0.05) is 30.3 Å². The van der Waals surface area contributed by atoms with Gasteiger partial charge in [0.05, 0.1) is 12.9 Å². The molecule has 0 aliphatic carbocycles. The van der Waals surface area contributed by atoms with E-state index in [1.165, 1.54) is 10.9 Å². The summed E-state index contributed by atoms with van der Waals surface area (Å²) in [7, 11) is 0. The van der Waals surface area contributed by atoms with Crippen molar-refractivity contribution in [2.45, 2.75) is 46.4 Å². The minimum Gasteiger partial charge on any atom is -0.444 e. The Hall–Kier alpha value is -4.46. The van der Waals surface area contributed by atoms with Gasteiger partial charge < -0.3 is 34.7 Å². The number of fused-ring (bicyclic) bond motifs is 1. The van der Waals surface area contributed by atoms with Gasteiger partial charge in [-0.25, -0.2) is 14.6 Å². The highest BCUT2D eigenvalue weighted by atomic mass is 16.6. The Bertz CT molecular complexity index is 1290. The van der Waals surface area contributed by atoms with Gasteiger partial charge in [0.25, 0.3) is 0 Å². The van der Waals surface area contributed by atoms with Crippen molar-refractivity contribution in [3.63, 3.8) is 0 Å². The summed E-state index contributed by atoms with van der Waals surface area (Å²) in [6.07, 6.45) is 0.102. The third kappa shape index (κ3) is 9.38. The van der Waals surface area contributed by atoms with Gasteiger partial charge in [-0.15, -0.1) is 0 Å². The Morgan fingerprint density at radius 3 is 2.52 bits per heavy atom. The molecule has 0 saturated carbocycles. The molecule has 0 fully saturated rings.